The van der Waals surface area contributed by atoms with E-state index in [1.165, 1.54) is 17.5 Å². The van der Waals surface area contributed by atoms with Crippen LogP contribution in [-0.2, 0) is 14.0 Å². The van der Waals surface area contributed by atoms with E-state index in [0.717, 1.165) is 0 Å². The van der Waals surface area contributed by atoms with E-state index >= 15 is 0 Å². The third kappa shape index (κ3) is 5.25. The van der Waals surface area contributed by atoms with Gasteiger partial charge in [-0.3, -0.25) is 0 Å². The molecule has 0 heterocycles. The zero-order valence-electron chi connectivity index (χ0n) is 18.6. The fourth-order valence-electron chi connectivity index (χ4n) is 3.87. The maximum atomic E-state index is 12.0. The number of rotatable bonds is 8. The van der Waals surface area contributed by atoms with Gasteiger partial charge in [0, 0.05) is 12.2 Å². The number of hydrogen-bond acceptors (Lipinski definition) is 3. The first-order chi connectivity index (χ1) is 13.8. The number of ether oxygens (including phenoxy) is 1. The van der Waals surface area contributed by atoms with Gasteiger partial charge in [-0.25, -0.2) is 4.79 Å². The highest BCUT2D eigenvalue weighted by atomic mass is 28.4. The third-order valence-electron chi connectivity index (χ3n) is 5.29. The van der Waals surface area contributed by atoms with Gasteiger partial charge < -0.3 is 9.16 Å². The van der Waals surface area contributed by atoms with Crippen molar-refractivity contribution in [3.63, 3.8) is 0 Å². The van der Waals surface area contributed by atoms with Gasteiger partial charge in [0.05, 0.1) is 7.11 Å². The second-order valence-electron chi connectivity index (χ2n) is 8.49. The van der Waals surface area contributed by atoms with Crippen molar-refractivity contribution in [1.29, 1.82) is 0 Å². The van der Waals surface area contributed by atoms with Crippen LogP contribution in [0.5, 0.6) is 0 Å². The summed E-state index contributed by atoms with van der Waals surface area (Å²) in [7, 11) is -1.13. The molecule has 0 radical (unpaired) electrons. The van der Waals surface area contributed by atoms with Crippen molar-refractivity contribution < 1.29 is 14.0 Å². The van der Waals surface area contributed by atoms with Gasteiger partial charge in [0.2, 0.25) is 0 Å². The van der Waals surface area contributed by atoms with Crippen LogP contribution in [0.4, 0.5) is 0 Å². The average molecular weight is 411 g/mol. The Hall–Kier alpha value is -2.17. The minimum atomic E-state index is -2.55. The first-order valence-electron chi connectivity index (χ1n) is 10.3. The molecule has 156 valence electrons. The van der Waals surface area contributed by atoms with E-state index < -0.39 is 8.32 Å². The molecule has 0 spiro atoms. The summed E-state index contributed by atoms with van der Waals surface area (Å²) in [6.45, 7) is 11.4. The fraction of sp³-hybridized carbons (Fsp3) is 0.400. The smallest absolute Gasteiger partial charge is 0.333 e. The van der Waals surface area contributed by atoms with Gasteiger partial charge in [0.15, 0.2) is 0 Å². The van der Waals surface area contributed by atoms with Gasteiger partial charge in [-0.15, -0.1) is 0 Å². The number of carbonyl (C=O) groups excluding carboxylic acids is 1. The van der Waals surface area contributed by atoms with Gasteiger partial charge in [-0.05, 0) is 27.8 Å². The molecule has 2 aromatic carbocycles. The Morgan fingerprint density at radius 1 is 1.00 bits per heavy atom. The number of esters is 1. The van der Waals surface area contributed by atoms with Crippen LogP contribution in [0.25, 0.3) is 0 Å². The van der Waals surface area contributed by atoms with Crippen LogP contribution in [0.15, 0.2) is 72.3 Å². The maximum Gasteiger partial charge on any atom is 0.333 e. The van der Waals surface area contributed by atoms with E-state index in [2.05, 4.69) is 76.2 Å². The van der Waals surface area contributed by atoms with Crippen LogP contribution in [0, 0.1) is 5.92 Å². The molecular formula is C25H34O3Si. The molecule has 0 aliphatic carbocycles. The van der Waals surface area contributed by atoms with Crippen LogP contribution in [-0.4, -0.2) is 28.0 Å². The molecular weight excluding hydrogens is 376 g/mol. The van der Waals surface area contributed by atoms with E-state index in [4.69, 9.17) is 9.16 Å². The van der Waals surface area contributed by atoms with Gasteiger partial charge >= 0.3 is 5.97 Å². The molecule has 0 fully saturated rings. The van der Waals surface area contributed by atoms with Crippen molar-refractivity contribution in [1.82, 2.24) is 0 Å². The SMILES string of the molecule is CC/C(=C/[C@H](C)CO[Si](c1ccccc1)(c1ccccc1)C(C)(C)C)C(=O)OC. The van der Waals surface area contributed by atoms with Gasteiger partial charge in [-0.2, -0.15) is 0 Å². The van der Waals surface area contributed by atoms with Crippen LogP contribution >= 0.6 is 0 Å². The predicted octanol–water partition coefficient (Wildman–Crippen LogP) is 4.71. The standard InChI is InChI=1S/C25H34O3Si/c1-7-21(24(26)27-6)18-20(2)19-28-29(25(3,4)5,22-14-10-8-11-15-22)23-16-12-9-13-17-23/h8-18,20H,7,19H2,1-6H3/b21-18-/t20-/m0/s1. The van der Waals surface area contributed by atoms with Crippen molar-refractivity contribution >= 4 is 24.7 Å². The van der Waals surface area contributed by atoms with Gasteiger partial charge in [0.1, 0.15) is 0 Å². The molecule has 0 saturated carbocycles. The van der Waals surface area contributed by atoms with Crippen LogP contribution in [0.2, 0.25) is 5.04 Å². The molecule has 2 rings (SSSR count). The lowest BCUT2D eigenvalue weighted by Crippen LogP contribution is -2.66. The second-order valence-corrected chi connectivity index (χ2v) is 12.8. The molecule has 0 saturated heterocycles. The maximum absolute atomic E-state index is 12.0. The molecule has 4 heteroatoms. The number of carbonyl (C=O) groups is 1. The highest BCUT2D eigenvalue weighted by molar-refractivity contribution is 6.99. The summed E-state index contributed by atoms with van der Waals surface area (Å²) in [6.07, 6.45) is 2.64. The van der Waals surface area contributed by atoms with E-state index in [-0.39, 0.29) is 16.9 Å². The Morgan fingerprint density at radius 2 is 1.48 bits per heavy atom. The topological polar surface area (TPSA) is 35.5 Å². The summed E-state index contributed by atoms with van der Waals surface area (Å²) in [5.74, 6) is -0.157. The number of methoxy groups -OCH3 is 1. The Morgan fingerprint density at radius 3 is 1.86 bits per heavy atom. The van der Waals surface area contributed by atoms with Crippen molar-refractivity contribution in [2.24, 2.45) is 5.92 Å². The highest BCUT2D eigenvalue weighted by Gasteiger charge is 2.50. The molecule has 0 bridgehead atoms. The number of benzene rings is 2. The molecule has 0 N–H and O–H groups in total. The van der Waals surface area contributed by atoms with Crippen molar-refractivity contribution in [3.05, 3.63) is 72.3 Å². The van der Waals surface area contributed by atoms with E-state index in [9.17, 15) is 4.79 Å². The Kier molecular flexibility index (Phi) is 8.00. The summed E-state index contributed by atoms with van der Waals surface area (Å²) in [5.41, 5.74) is 0.700. The average Bonchev–Trinajstić information content (AvgIpc) is 2.72. The van der Waals surface area contributed by atoms with E-state index in [0.29, 0.717) is 18.6 Å². The second kappa shape index (κ2) is 10.0. The van der Waals surface area contributed by atoms with Crippen LogP contribution < -0.4 is 10.4 Å². The summed E-state index contributed by atoms with van der Waals surface area (Å²) in [5, 5.41) is 2.46. The number of hydrogen-bond donors (Lipinski definition) is 0. The fourth-order valence-corrected chi connectivity index (χ4v) is 8.54. The molecule has 2 aromatic rings. The summed E-state index contributed by atoms with van der Waals surface area (Å²) < 4.78 is 11.8. The molecule has 0 aliphatic rings. The van der Waals surface area contributed by atoms with Crippen LogP contribution in [0.1, 0.15) is 41.0 Å². The lowest BCUT2D eigenvalue weighted by molar-refractivity contribution is -0.136. The summed E-state index contributed by atoms with van der Waals surface area (Å²) >= 11 is 0. The summed E-state index contributed by atoms with van der Waals surface area (Å²) in [4.78, 5) is 12.0. The lowest BCUT2D eigenvalue weighted by Gasteiger charge is -2.43. The molecule has 0 unspecified atom stereocenters. The Balaban J connectivity index is 2.46. The monoisotopic (exact) mass is 410 g/mol. The molecule has 0 aliphatic heterocycles. The molecule has 0 aromatic heterocycles. The van der Waals surface area contributed by atoms with Gasteiger partial charge in [0.25, 0.3) is 8.32 Å². The van der Waals surface area contributed by atoms with Crippen molar-refractivity contribution in [2.75, 3.05) is 13.7 Å². The molecule has 3 nitrogen and oxygen atoms in total. The molecule has 1 atom stereocenters. The van der Waals surface area contributed by atoms with Gasteiger partial charge in [-0.1, -0.05) is 101 Å². The van der Waals surface area contributed by atoms with Crippen LogP contribution in [0.3, 0.4) is 0 Å². The third-order valence-corrected chi connectivity index (χ3v) is 10.3. The predicted molar refractivity (Wildman–Crippen MR) is 123 cm³/mol. The molecule has 29 heavy (non-hydrogen) atoms. The van der Waals surface area contributed by atoms with Crippen molar-refractivity contribution in [3.8, 4) is 0 Å². The lowest BCUT2D eigenvalue weighted by atomic mass is 10.1. The first-order valence-corrected chi connectivity index (χ1v) is 12.2. The zero-order valence-corrected chi connectivity index (χ0v) is 19.6. The zero-order chi connectivity index (χ0) is 21.5. The summed E-state index contributed by atoms with van der Waals surface area (Å²) in [6, 6.07) is 21.2. The normalized spacial score (nSPS) is 13.8. The highest BCUT2D eigenvalue weighted by Crippen LogP contribution is 2.37. The molecule has 0 amide bonds. The van der Waals surface area contributed by atoms with E-state index in [1.54, 1.807) is 0 Å². The first kappa shape index (κ1) is 23.1. The largest absolute Gasteiger partial charge is 0.466 e. The van der Waals surface area contributed by atoms with Crippen molar-refractivity contribution in [2.45, 2.75) is 46.1 Å². The van der Waals surface area contributed by atoms with E-state index in [1.807, 2.05) is 25.1 Å². The Bertz CT molecular complexity index is 767. The minimum absolute atomic E-state index is 0.0604. The quantitative estimate of drug-likeness (QED) is 0.359. The Labute approximate surface area is 176 Å². The minimum Gasteiger partial charge on any atom is -0.466 e.